The lowest BCUT2D eigenvalue weighted by atomic mass is 10.1. The van der Waals surface area contributed by atoms with Crippen molar-refractivity contribution >= 4 is 0 Å². The van der Waals surface area contributed by atoms with Crippen LogP contribution >= 0.6 is 0 Å². The summed E-state index contributed by atoms with van der Waals surface area (Å²) in [5.41, 5.74) is 0.0581. The monoisotopic (exact) mass is 286 g/mol. The van der Waals surface area contributed by atoms with Gasteiger partial charge in [0.2, 0.25) is 0 Å². The highest BCUT2D eigenvalue weighted by Crippen LogP contribution is 2.22. The van der Waals surface area contributed by atoms with Crippen molar-refractivity contribution in [3.8, 4) is 29.0 Å². The Bertz CT molecular complexity index is 695. The first kappa shape index (κ1) is 14.9. The van der Waals surface area contributed by atoms with Gasteiger partial charge in [0.05, 0.1) is 12.7 Å². The van der Waals surface area contributed by atoms with E-state index in [1.165, 1.54) is 31.6 Å². The Morgan fingerprint density at radius 3 is 2.43 bits per heavy atom. The van der Waals surface area contributed by atoms with Crippen LogP contribution in [0.25, 0.3) is 11.4 Å². The Balaban J connectivity index is 2.26. The van der Waals surface area contributed by atoms with Crippen LogP contribution < -0.4 is 4.74 Å². The lowest BCUT2D eigenvalue weighted by Crippen LogP contribution is -2.14. The fourth-order valence-corrected chi connectivity index (χ4v) is 1.57. The molecule has 5 heteroatoms. The number of nitrogens with zero attached hydrogens (tertiary/aromatic N) is 2. The smallest absolute Gasteiger partial charge is 0.165 e. The van der Waals surface area contributed by atoms with Gasteiger partial charge >= 0.3 is 0 Å². The molecule has 0 unspecified atom stereocenters. The maximum Gasteiger partial charge on any atom is 0.165 e. The summed E-state index contributed by atoms with van der Waals surface area (Å²) in [6.45, 7) is 3.19. The van der Waals surface area contributed by atoms with Crippen molar-refractivity contribution < 1.29 is 14.2 Å². The second-order valence-electron chi connectivity index (χ2n) is 4.95. The van der Waals surface area contributed by atoms with Crippen LogP contribution in [0.2, 0.25) is 0 Å². The standard InChI is InChI=1S/C16H15FN2O2/c1-16(2,20)7-6-11-9-18-15(19-10-11)12-4-5-14(21-3)13(17)8-12/h4-5,8-10,20H,1-3H3. The van der Waals surface area contributed by atoms with Crippen LogP contribution in [0.15, 0.2) is 30.6 Å². The second-order valence-corrected chi connectivity index (χ2v) is 4.95. The van der Waals surface area contributed by atoms with E-state index in [-0.39, 0.29) is 5.75 Å². The van der Waals surface area contributed by atoms with E-state index in [0.717, 1.165) is 0 Å². The quantitative estimate of drug-likeness (QED) is 0.861. The molecule has 1 N–H and O–H groups in total. The Morgan fingerprint density at radius 1 is 1.24 bits per heavy atom. The molecule has 0 saturated carbocycles. The molecule has 108 valence electrons. The summed E-state index contributed by atoms with van der Waals surface area (Å²) in [6, 6.07) is 4.52. The minimum absolute atomic E-state index is 0.173. The molecule has 0 radical (unpaired) electrons. The van der Waals surface area contributed by atoms with Crippen LogP contribution in [0.3, 0.4) is 0 Å². The molecule has 0 bridgehead atoms. The third-order valence-electron chi connectivity index (χ3n) is 2.57. The minimum Gasteiger partial charge on any atom is -0.494 e. The molecule has 21 heavy (non-hydrogen) atoms. The van der Waals surface area contributed by atoms with E-state index in [2.05, 4.69) is 21.8 Å². The normalized spacial score (nSPS) is 10.7. The van der Waals surface area contributed by atoms with E-state index in [1.807, 2.05) is 0 Å². The van der Waals surface area contributed by atoms with Crippen molar-refractivity contribution in [1.29, 1.82) is 0 Å². The SMILES string of the molecule is COc1ccc(-c2ncc(C#CC(C)(C)O)cn2)cc1F. The second kappa shape index (κ2) is 5.90. The Morgan fingerprint density at radius 2 is 1.90 bits per heavy atom. The molecule has 2 aromatic rings. The molecule has 2 rings (SSSR count). The third-order valence-corrected chi connectivity index (χ3v) is 2.57. The fraction of sp³-hybridized carbons (Fsp3) is 0.250. The summed E-state index contributed by atoms with van der Waals surface area (Å²) in [7, 11) is 1.41. The number of methoxy groups -OCH3 is 1. The molecule has 1 aromatic heterocycles. The first-order valence-electron chi connectivity index (χ1n) is 6.30. The molecule has 0 aliphatic carbocycles. The number of aromatic nitrogens is 2. The van der Waals surface area contributed by atoms with E-state index in [0.29, 0.717) is 17.0 Å². The minimum atomic E-state index is -1.07. The lowest BCUT2D eigenvalue weighted by Gasteiger charge is -2.06. The van der Waals surface area contributed by atoms with Crippen LogP contribution in [-0.4, -0.2) is 27.8 Å². The van der Waals surface area contributed by atoms with Crippen LogP contribution in [0.5, 0.6) is 5.75 Å². The van der Waals surface area contributed by atoms with Gasteiger partial charge in [-0.25, -0.2) is 14.4 Å². The van der Waals surface area contributed by atoms with Crippen molar-refractivity contribution in [3.63, 3.8) is 0 Å². The number of hydrogen-bond donors (Lipinski definition) is 1. The van der Waals surface area contributed by atoms with Crippen molar-refractivity contribution in [3.05, 3.63) is 42.0 Å². The highest BCUT2D eigenvalue weighted by atomic mass is 19.1. The summed E-state index contributed by atoms with van der Waals surface area (Å²) < 4.78 is 18.5. The van der Waals surface area contributed by atoms with Crippen LogP contribution in [-0.2, 0) is 0 Å². The van der Waals surface area contributed by atoms with E-state index in [9.17, 15) is 9.50 Å². The van der Waals surface area contributed by atoms with Crippen molar-refractivity contribution in [1.82, 2.24) is 9.97 Å². The van der Waals surface area contributed by atoms with Crippen molar-refractivity contribution in [2.24, 2.45) is 0 Å². The zero-order chi connectivity index (χ0) is 15.5. The zero-order valence-corrected chi connectivity index (χ0v) is 12.0. The van der Waals surface area contributed by atoms with Crippen molar-refractivity contribution in [2.75, 3.05) is 7.11 Å². The number of benzene rings is 1. The van der Waals surface area contributed by atoms with Gasteiger partial charge in [-0.15, -0.1) is 0 Å². The van der Waals surface area contributed by atoms with Gasteiger partial charge in [-0.05, 0) is 32.0 Å². The van der Waals surface area contributed by atoms with Gasteiger partial charge in [-0.1, -0.05) is 11.8 Å². The molecular formula is C16H15FN2O2. The number of halogens is 1. The van der Waals surface area contributed by atoms with Gasteiger partial charge in [0.25, 0.3) is 0 Å². The van der Waals surface area contributed by atoms with Crippen molar-refractivity contribution in [2.45, 2.75) is 19.4 Å². The first-order chi connectivity index (χ1) is 9.89. The topological polar surface area (TPSA) is 55.2 Å². The summed E-state index contributed by atoms with van der Waals surface area (Å²) >= 11 is 0. The first-order valence-corrected chi connectivity index (χ1v) is 6.30. The molecule has 0 fully saturated rings. The van der Waals surface area contributed by atoms with Gasteiger partial charge in [0, 0.05) is 18.0 Å². The zero-order valence-electron chi connectivity index (χ0n) is 12.0. The number of rotatable bonds is 2. The molecular weight excluding hydrogens is 271 g/mol. The summed E-state index contributed by atoms with van der Waals surface area (Å²) in [5, 5.41) is 9.52. The number of hydrogen-bond acceptors (Lipinski definition) is 4. The molecule has 4 nitrogen and oxygen atoms in total. The number of aliphatic hydroxyl groups is 1. The summed E-state index contributed by atoms with van der Waals surface area (Å²) in [5.74, 6) is 5.54. The molecule has 0 saturated heterocycles. The predicted octanol–water partition coefficient (Wildman–Crippen LogP) is 2.41. The summed E-state index contributed by atoms with van der Waals surface area (Å²) in [4.78, 5) is 8.29. The van der Waals surface area contributed by atoms with Gasteiger partial charge < -0.3 is 9.84 Å². The van der Waals surface area contributed by atoms with Gasteiger partial charge in [-0.3, -0.25) is 0 Å². The Labute approximate surface area is 122 Å². The third kappa shape index (κ3) is 4.01. The lowest BCUT2D eigenvalue weighted by molar-refractivity contribution is 0.143. The van der Waals surface area contributed by atoms with Crippen LogP contribution in [0, 0.1) is 17.7 Å². The van der Waals surface area contributed by atoms with E-state index in [4.69, 9.17) is 4.74 Å². The molecule has 0 atom stereocenters. The Hall–Kier alpha value is -2.45. The predicted molar refractivity (Wildman–Crippen MR) is 77.2 cm³/mol. The average molecular weight is 286 g/mol. The molecule has 0 aliphatic rings. The molecule has 1 heterocycles. The van der Waals surface area contributed by atoms with Crippen LogP contribution in [0.1, 0.15) is 19.4 Å². The summed E-state index contributed by atoms with van der Waals surface area (Å²) in [6.07, 6.45) is 3.06. The molecule has 1 aromatic carbocycles. The number of ether oxygens (including phenoxy) is 1. The maximum atomic E-state index is 13.6. The Kier molecular flexibility index (Phi) is 4.20. The van der Waals surface area contributed by atoms with E-state index < -0.39 is 11.4 Å². The average Bonchev–Trinajstić information content (AvgIpc) is 2.45. The maximum absolute atomic E-state index is 13.6. The van der Waals surface area contributed by atoms with E-state index >= 15 is 0 Å². The van der Waals surface area contributed by atoms with Gasteiger partial charge in [0.1, 0.15) is 5.60 Å². The fourth-order valence-electron chi connectivity index (χ4n) is 1.57. The highest BCUT2D eigenvalue weighted by molar-refractivity contribution is 5.56. The molecule has 0 amide bonds. The molecule has 0 spiro atoms. The van der Waals surface area contributed by atoms with Crippen LogP contribution in [0.4, 0.5) is 4.39 Å². The largest absolute Gasteiger partial charge is 0.494 e. The highest BCUT2D eigenvalue weighted by Gasteiger charge is 2.08. The van der Waals surface area contributed by atoms with Gasteiger partial charge in [-0.2, -0.15) is 0 Å². The van der Waals surface area contributed by atoms with Gasteiger partial charge in [0.15, 0.2) is 17.4 Å². The molecule has 0 aliphatic heterocycles. The van der Waals surface area contributed by atoms with E-state index in [1.54, 1.807) is 19.9 Å².